The summed E-state index contributed by atoms with van der Waals surface area (Å²) in [5.41, 5.74) is 0.864. The molecule has 0 saturated heterocycles. The molecule has 1 amide bonds. The van der Waals surface area contributed by atoms with E-state index in [1.807, 2.05) is 13.0 Å². The van der Waals surface area contributed by atoms with Crippen molar-refractivity contribution in [1.82, 2.24) is 10.3 Å². The number of carbonyl (C=O) groups is 1. The average molecular weight is 320 g/mol. The molecule has 1 N–H and O–H groups in total. The van der Waals surface area contributed by atoms with E-state index in [4.69, 9.17) is 8.83 Å². The van der Waals surface area contributed by atoms with Crippen molar-refractivity contribution in [2.24, 2.45) is 5.92 Å². The van der Waals surface area contributed by atoms with Gasteiger partial charge in [-0.05, 0) is 37.8 Å². The summed E-state index contributed by atoms with van der Waals surface area (Å²) < 4.78 is 10.9. The second-order valence-corrected chi connectivity index (χ2v) is 6.58. The Hall–Kier alpha value is -1.69. The molecule has 6 heteroatoms. The minimum atomic E-state index is 0.101. The van der Waals surface area contributed by atoms with Crippen molar-refractivity contribution in [3.8, 4) is 11.7 Å². The van der Waals surface area contributed by atoms with Gasteiger partial charge in [0.15, 0.2) is 5.76 Å². The van der Waals surface area contributed by atoms with E-state index in [2.05, 4.69) is 10.3 Å². The molecule has 2 aromatic heterocycles. The minimum Gasteiger partial charge on any atom is -0.459 e. The molecule has 22 heavy (non-hydrogen) atoms. The maximum absolute atomic E-state index is 11.8. The summed E-state index contributed by atoms with van der Waals surface area (Å²) >= 11 is 1.55. The van der Waals surface area contributed by atoms with Crippen molar-refractivity contribution in [1.29, 1.82) is 0 Å². The van der Waals surface area contributed by atoms with Crippen LogP contribution in [-0.2, 0) is 10.5 Å². The Morgan fingerprint density at radius 1 is 1.50 bits per heavy atom. The van der Waals surface area contributed by atoms with Gasteiger partial charge in [-0.15, -0.1) is 11.8 Å². The van der Waals surface area contributed by atoms with Gasteiger partial charge < -0.3 is 14.2 Å². The zero-order valence-corrected chi connectivity index (χ0v) is 13.4. The number of hydrogen-bond donors (Lipinski definition) is 1. The summed E-state index contributed by atoms with van der Waals surface area (Å²) in [5.74, 6) is 3.80. The molecule has 1 fully saturated rings. The van der Waals surface area contributed by atoms with E-state index >= 15 is 0 Å². The Balaban J connectivity index is 1.44. The van der Waals surface area contributed by atoms with Crippen molar-refractivity contribution >= 4 is 17.7 Å². The number of amides is 1. The molecule has 0 bridgehead atoms. The quantitative estimate of drug-likeness (QED) is 0.847. The zero-order valence-electron chi connectivity index (χ0n) is 12.6. The van der Waals surface area contributed by atoms with Crippen LogP contribution in [-0.4, -0.2) is 23.2 Å². The van der Waals surface area contributed by atoms with Gasteiger partial charge in [0.25, 0.3) is 5.89 Å². The van der Waals surface area contributed by atoms with Crippen molar-refractivity contribution in [2.75, 3.05) is 12.3 Å². The molecule has 5 nitrogen and oxygen atoms in total. The third-order valence-corrected chi connectivity index (χ3v) is 4.85. The third kappa shape index (κ3) is 3.74. The number of nitrogens with one attached hydrogen (secondary N) is 1. The molecule has 2 aromatic rings. The van der Waals surface area contributed by atoms with E-state index < -0.39 is 0 Å². The van der Waals surface area contributed by atoms with Crippen molar-refractivity contribution in [2.45, 2.75) is 31.9 Å². The maximum Gasteiger partial charge on any atom is 0.263 e. The Kier molecular flexibility index (Phi) is 4.87. The van der Waals surface area contributed by atoms with E-state index in [0.717, 1.165) is 18.0 Å². The number of furan rings is 1. The smallest absolute Gasteiger partial charge is 0.263 e. The topological polar surface area (TPSA) is 68.3 Å². The molecule has 0 radical (unpaired) electrons. The minimum absolute atomic E-state index is 0.101. The molecule has 0 aliphatic heterocycles. The first-order valence-electron chi connectivity index (χ1n) is 7.57. The standard InChI is InChI=1S/C16H20N2O3S/c1-11-13(18-16(21-11)14-6-3-7-20-14)9-22-10-15(19)17-8-12-4-2-5-12/h3,6-7,12H,2,4-5,8-10H2,1H3,(H,17,19). The number of nitrogens with zero attached hydrogens (tertiary/aromatic N) is 1. The van der Waals surface area contributed by atoms with Crippen LogP contribution in [0, 0.1) is 12.8 Å². The van der Waals surface area contributed by atoms with Gasteiger partial charge in [0.2, 0.25) is 5.91 Å². The summed E-state index contributed by atoms with van der Waals surface area (Å²) in [6.45, 7) is 2.71. The first-order chi connectivity index (χ1) is 10.7. The molecule has 1 aliphatic rings. The molecule has 118 valence electrons. The first kappa shape index (κ1) is 15.2. The lowest BCUT2D eigenvalue weighted by atomic mass is 9.85. The van der Waals surface area contributed by atoms with Gasteiger partial charge >= 0.3 is 0 Å². The van der Waals surface area contributed by atoms with Crippen LogP contribution >= 0.6 is 11.8 Å². The molecule has 2 heterocycles. The van der Waals surface area contributed by atoms with Gasteiger partial charge in [0.05, 0.1) is 17.7 Å². The Bertz CT molecular complexity index is 617. The van der Waals surface area contributed by atoms with Crippen LogP contribution in [0.2, 0.25) is 0 Å². The lowest BCUT2D eigenvalue weighted by Crippen LogP contribution is -2.33. The van der Waals surface area contributed by atoms with Crippen LogP contribution in [0.4, 0.5) is 0 Å². The van der Waals surface area contributed by atoms with Gasteiger partial charge in [-0.3, -0.25) is 4.79 Å². The molecule has 1 aliphatic carbocycles. The molecule has 3 rings (SSSR count). The summed E-state index contributed by atoms with van der Waals surface area (Å²) in [6, 6.07) is 3.62. The van der Waals surface area contributed by atoms with E-state index in [1.54, 1.807) is 24.1 Å². The molecule has 0 spiro atoms. The number of aryl methyl sites for hydroxylation is 1. The highest BCUT2D eigenvalue weighted by atomic mass is 32.2. The molecular formula is C16H20N2O3S. The fraction of sp³-hybridized carbons (Fsp3) is 0.500. The van der Waals surface area contributed by atoms with Crippen LogP contribution in [0.15, 0.2) is 27.2 Å². The lowest BCUT2D eigenvalue weighted by molar-refractivity contribution is -0.118. The van der Waals surface area contributed by atoms with Crippen molar-refractivity contribution in [3.63, 3.8) is 0 Å². The number of aromatic nitrogens is 1. The fourth-order valence-electron chi connectivity index (χ4n) is 2.31. The number of rotatable bonds is 7. The highest BCUT2D eigenvalue weighted by Gasteiger charge is 2.18. The molecule has 0 aromatic carbocycles. The third-order valence-electron chi connectivity index (χ3n) is 3.91. The van der Waals surface area contributed by atoms with E-state index in [0.29, 0.717) is 29.1 Å². The second kappa shape index (κ2) is 7.05. The zero-order chi connectivity index (χ0) is 15.4. The van der Waals surface area contributed by atoms with E-state index in [-0.39, 0.29) is 5.91 Å². The van der Waals surface area contributed by atoms with Crippen molar-refractivity contribution in [3.05, 3.63) is 29.9 Å². The number of oxazole rings is 1. The van der Waals surface area contributed by atoms with Crippen LogP contribution in [0.3, 0.4) is 0 Å². The predicted octanol–water partition coefficient (Wildman–Crippen LogP) is 3.39. The van der Waals surface area contributed by atoms with Crippen LogP contribution in [0.1, 0.15) is 30.7 Å². The van der Waals surface area contributed by atoms with E-state index in [9.17, 15) is 4.79 Å². The lowest BCUT2D eigenvalue weighted by Gasteiger charge is -2.25. The second-order valence-electron chi connectivity index (χ2n) is 5.59. The van der Waals surface area contributed by atoms with Crippen LogP contribution < -0.4 is 5.32 Å². The Morgan fingerprint density at radius 3 is 3.05 bits per heavy atom. The molecule has 1 saturated carbocycles. The summed E-state index contributed by atoms with van der Waals surface area (Å²) in [4.78, 5) is 16.2. The monoisotopic (exact) mass is 320 g/mol. The van der Waals surface area contributed by atoms with Gasteiger partial charge in [0, 0.05) is 12.3 Å². The number of thioether (sulfide) groups is 1. The highest BCUT2D eigenvalue weighted by Crippen LogP contribution is 2.26. The Morgan fingerprint density at radius 2 is 2.36 bits per heavy atom. The average Bonchev–Trinajstić information content (AvgIpc) is 3.07. The largest absolute Gasteiger partial charge is 0.459 e. The van der Waals surface area contributed by atoms with Gasteiger partial charge in [-0.1, -0.05) is 6.42 Å². The summed E-state index contributed by atoms with van der Waals surface area (Å²) in [7, 11) is 0. The summed E-state index contributed by atoms with van der Waals surface area (Å²) in [6.07, 6.45) is 5.40. The highest BCUT2D eigenvalue weighted by molar-refractivity contribution is 7.99. The SMILES string of the molecule is Cc1oc(-c2ccco2)nc1CSCC(=O)NCC1CCC1. The Labute approximate surface area is 133 Å². The molecule has 0 atom stereocenters. The maximum atomic E-state index is 11.8. The van der Waals surface area contributed by atoms with Crippen LogP contribution in [0.5, 0.6) is 0 Å². The fourth-order valence-corrected chi connectivity index (χ4v) is 3.16. The van der Waals surface area contributed by atoms with Crippen LogP contribution in [0.25, 0.3) is 11.7 Å². The normalized spacial score (nSPS) is 14.8. The number of hydrogen-bond acceptors (Lipinski definition) is 5. The van der Waals surface area contributed by atoms with Gasteiger partial charge in [-0.2, -0.15) is 0 Å². The molecule has 0 unspecified atom stereocenters. The van der Waals surface area contributed by atoms with Gasteiger partial charge in [0.1, 0.15) is 5.76 Å². The first-order valence-corrected chi connectivity index (χ1v) is 8.72. The van der Waals surface area contributed by atoms with Crippen molar-refractivity contribution < 1.29 is 13.6 Å². The predicted molar refractivity (Wildman–Crippen MR) is 85.5 cm³/mol. The van der Waals surface area contributed by atoms with E-state index in [1.165, 1.54) is 19.3 Å². The summed E-state index contributed by atoms with van der Waals surface area (Å²) in [5, 5.41) is 2.99. The number of carbonyl (C=O) groups excluding carboxylic acids is 1. The molecular weight excluding hydrogens is 300 g/mol. The van der Waals surface area contributed by atoms with Gasteiger partial charge in [-0.25, -0.2) is 4.98 Å².